The number of para-hydroxylation sites is 1. The first-order chi connectivity index (χ1) is 7.00. The van der Waals surface area contributed by atoms with E-state index in [-0.39, 0.29) is 11.9 Å². The first-order valence-electron chi connectivity index (χ1n) is 4.47. The molecule has 0 bridgehead atoms. The van der Waals surface area contributed by atoms with E-state index in [9.17, 15) is 4.79 Å². The fourth-order valence-electron chi connectivity index (χ4n) is 1.22. The molecule has 0 saturated carbocycles. The summed E-state index contributed by atoms with van der Waals surface area (Å²) in [7, 11) is 0. The molecule has 0 atom stereocenters. The zero-order chi connectivity index (χ0) is 11.4. The lowest BCUT2D eigenvalue weighted by molar-refractivity contribution is -0.114. The molecule has 1 rings (SSSR count). The highest BCUT2D eigenvalue weighted by molar-refractivity contribution is 5.94. The third-order valence-corrected chi connectivity index (χ3v) is 1.80. The van der Waals surface area contributed by atoms with Crippen LogP contribution in [0.3, 0.4) is 0 Å². The molecular weight excluding hydrogens is 192 g/mol. The lowest BCUT2D eigenvalue weighted by Gasteiger charge is -2.09. The first kappa shape index (κ1) is 11.0. The Labute approximate surface area is 88.2 Å². The van der Waals surface area contributed by atoms with E-state index in [1.54, 1.807) is 6.07 Å². The van der Waals surface area contributed by atoms with Crippen molar-refractivity contribution in [3.05, 3.63) is 23.8 Å². The van der Waals surface area contributed by atoms with E-state index in [0.717, 1.165) is 5.56 Å². The van der Waals surface area contributed by atoms with Crippen LogP contribution in [-0.4, -0.2) is 11.9 Å². The van der Waals surface area contributed by atoms with Gasteiger partial charge in [-0.05, 0) is 18.6 Å². The van der Waals surface area contributed by atoms with Crippen molar-refractivity contribution in [2.45, 2.75) is 13.8 Å². The fourth-order valence-corrected chi connectivity index (χ4v) is 1.22. The van der Waals surface area contributed by atoms with Gasteiger partial charge in [-0.1, -0.05) is 12.1 Å². The van der Waals surface area contributed by atoms with Gasteiger partial charge in [-0.2, -0.15) is 0 Å². The van der Waals surface area contributed by atoms with Crippen LogP contribution in [0.25, 0.3) is 0 Å². The molecule has 5 N–H and O–H groups in total. The van der Waals surface area contributed by atoms with Crippen LogP contribution in [0.5, 0.6) is 0 Å². The minimum Gasteiger partial charge on any atom is -0.370 e. The molecule has 0 unspecified atom stereocenters. The number of amides is 1. The number of aliphatic imine (C=N–C) groups is 1. The summed E-state index contributed by atoms with van der Waals surface area (Å²) in [6, 6.07) is 5.43. The zero-order valence-corrected chi connectivity index (χ0v) is 8.74. The van der Waals surface area contributed by atoms with Crippen molar-refractivity contribution in [3.8, 4) is 0 Å². The molecule has 5 nitrogen and oxygen atoms in total. The summed E-state index contributed by atoms with van der Waals surface area (Å²) in [5.41, 5.74) is 12.7. The van der Waals surface area contributed by atoms with E-state index in [1.165, 1.54) is 6.92 Å². The summed E-state index contributed by atoms with van der Waals surface area (Å²) >= 11 is 0. The second-order valence-electron chi connectivity index (χ2n) is 3.19. The average Bonchev–Trinajstić information content (AvgIpc) is 2.09. The molecule has 15 heavy (non-hydrogen) atoms. The zero-order valence-electron chi connectivity index (χ0n) is 8.74. The van der Waals surface area contributed by atoms with Gasteiger partial charge in [0, 0.05) is 6.92 Å². The lowest BCUT2D eigenvalue weighted by Crippen LogP contribution is -2.22. The first-order valence-corrected chi connectivity index (χ1v) is 4.47. The van der Waals surface area contributed by atoms with Gasteiger partial charge in [0.05, 0.1) is 11.4 Å². The maximum absolute atomic E-state index is 11.0. The molecule has 0 radical (unpaired) electrons. The van der Waals surface area contributed by atoms with Gasteiger partial charge in [-0.15, -0.1) is 0 Å². The van der Waals surface area contributed by atoms with Gasteiger partial charge in [0.2, 0.25) is 5.91 Å². The van der Waals surface area contributed by atoms with Crippen molar-refractivity contribution in [1.82, 2.24) is 0 Å². The van der Waals surface area contributed by atoms with Crippen LogP contribution >= 0.6 is 0 Å². The van der Waals surface area contributed by atoms with Gasteiger partial charge in [0.25, 0.3) is 0 Å². The molecule has 0 fully saturated rings. The van der Waals surface area contributed by atoms with Gasteiger partial charge >= 0.3 is 0 Å². The average molecular weight is 206 g/mol. The highest BCUT2D eigenvalue weighted by Crippen LogP contribution is 2.27. The molecule has 1 aromatic rings. The summed E-state index contributed by atoms with van der Waals surface area (Å²) in [4.78, 5) is 14.9. The number of rotatable bonds is 2. The number of nitrogens with zero attached hydrogens (tertiary/aromatic N) is 1. The summed E-state index contributed by atoms with van der Waals surface area (Å²) < 4.78 is 0. The third kappa shape index (κ3) is 2.98. The molecule has 1 amide bonds. The molecule has 5 heteroatoms. The van der Waals surface area contributed by atoms with Gasteiger partial charge < -0.3 is 16.8 Å². The minimum atomic E-state index is -0.156. The Morgan fingerprint density at radius 1 is 1.40 bits per heavy atom. The van der Waals surface area contributed by atoms with Gasteiger partial charge in [0.1, 0.15) is 0 Å². The maximum atomic E-state index is 11.0. The molecule has 0 aromatic heterocycles. The van der Waals surface area contributed by atoms with Crippen LogP contribution in [0.1, 0.15) is 12.5 Å². The number of carbonyl (C=O) groups is 1. The second-order valence-corrected chi connectivity index (χ2v) is 3.19. The number of nitrogens with two attached hydrogens (primary N) is 2. The van der Waals surface area contributed by atoms with Crippen molar-refractivity contribution < 1.29 is 4.79 Å². The van der Waals surface area contributed by atoms with Crippen molar-refractivity contribution >= 4 is 23.2 Å². The minimum absolute atomic E-state index is 0.0350. The Morgan fingerprint density at radius 2 is 2.07 bits per heavy atom. The Hall–Kier alpha value is -2.04. The van der Waals surface area contributed by atoms with Crippen LogP contribution in [-0.2, 0) is 4.79 Å². The number of carbonyl (C=O) groups excluding carboxylic acids is 1. The van der Waals surface area contributed by atoms with E-state index < -0.39 is 0 Å². The lowest BCUT2D eigenvalue weighted by atomic mass is 10.1. The summed E-state index contributed by atoms with van der Waals surface area (Å²) in [5.74, 6) is -0.191. The van der Waals surface area contributed by atoms with Gasteiger partial charge in [-0.3, -0.25) is 4.79 Å². The van der Waals surface area contributed by atoms with Crippen LogP contribution in [0.2, 0.25) is 0 Å². The SMILES string of the molecule is CC(=O)Nc1c(C)cccc1N=C(N)N. The summed E-state index contributed by atoms with van der Waals surface area (Å²) in [6.45, 7) is 3.31. The van der Waals surface area contributed by atoms with Crippen LogP contribution in [0, 0.1) is 6.92 Å². The third-order valence-electron chi connectivity index (χ3n) is 1.80. The Balaban J connectivity index is 3.20. The number of guanidine groups is 1. The predicted octanol–water partition coefficient (Wildman–Crippen LogP) is 0.858. The summed E-state index contributed by atoms with van der Waals surface area (Å²) in [6.07, 6.45) is 0. The molecule has 0 aliphatic rings. The standard InChI is InChI=1S/C10H14N4O/c1-6-4-3-5-8(14-10(11)12)9(6)13-7(2)15/h3-5H,1-2H3,(H,13,15)(H4,11,12,14). The Kier molecular flexibility index (Phi) is 3.28. The number of aryl methyl sites for hydroxylation is 1. The normalized spacial score (nSPS) is 9.47. The highest BCUT2D eigenvalue weighted by Gasteiger charge is 2.05. The van der Waals surface area contributed by atoms with Gasteiger partial charge in [-0.25, -0.2) is 4.99 Å². The van der Waals surface area contributed by atoms with Crippen molar-refractivity contribution in [2.75, 3.05) is 5.32 Å². The van der Waals surface area contributed by atoms with E-state index in [0.29, 0.717) is 11.4 Å². The fraction of sp³-hybridized carbons (Fsp3) is 0.200. The number of benzene rings is 1. The maximum Gasteiger partial charge on any atom is 0.221 e. The van der Waals surface area contributed by atoms with Crippen molar-refractivity contribution in [1.29, 1.82) is 0 Å². The number of hydrogen-bond donors (Lipinski definition) is 3. The molecular formula is C10H14N4O. The second kappa shape index (κ2) is 4.45. The van der Waals surface area contributed by atoms with Crippen LogP contribution in [0.15, 0.2) is 23.2 Å². The highest BCUT2D eigenvalue weighted by atomic mass is 16.1. The molecule has 1 aromatic carbocycles. The quantitative estimate of drug-likeness (QED) is 0.494. The molecule has 0 saturated heterocycles. The number of anilines is 1. The van der Waals surface area contributed by atoms with E-state index >= 15 is 0 Å². The Morgan fingerprint density at radius 3 is 2.60 bits per heavy atom. The van der Waals surface area contributed by atoms with Gasteiger partial charge in [0.15, 0.2) is 5.96 Å². The van der Waals surface area contributed by atoms with Crippen LogP contribution < -0.4 is 16.8 Å². The molecule has 80 valence electrons. The van der Waals surface area contributed by atoms with E-state index in [2.05, 4.69) is 10.3 Å². The Bertz CT molecular complexity index is 408. The largest absolute Gasteiger partial charge is 0.370 e. The molecule has 0 aliphatic heterocycles. The van der Waals surface area contributed by atoms with E-state index in [4.69, 9.17) is 11.5 Å². The van der Waals surface area contributed by atoms with Crippen LogP contribution in [0.4, 0.5) is 11.4 Å². The number of hydrogen-bond acceptors (Lipinski definition) is 2. The van der Waals surface area contributed by atoms with Crippen molar-refractivity contribution in [3.63, 3.8) is 0 Å². The van der Waals surface area contributed by atoms with Crippen molar-refractivity contribution in [2.24, 2.45) is 16.5 Å². The summed E-state index contributed by atoms with van der Waals surface area (Å²) in [5, 5.41) is 2.69. The number of nitrogens with one attached hydrogen (secondary N) is 1. The monoisotopic (exact) mass is 206 g/mol. The molecule has 0 aliphatic carbocycles. The molecule has 0 spiro atoms. The topological polar surface area (TPSA) is 93.5 Å². The predicted molar refractivity (Wildman–Crippen MR) is 61.0 cm³/mol. The molecule has 0 heterocycles. The smallest absolute Gasteiger partial charge is 0.221 e. The van der Waals surface area contributed by atoms with E-state index in [1.807, 2.05) is 19.1 Å².